The second kappa shape index (κ2) is 15.4. The van der Waals surface area contributed by atoms with E-state index in [9.17, 15) is 14.4 Å². The second-order valence-electron chi connectivity index (χ2n) is 14.5. The van der Waals surface area contributed by atoms with Crippen LogP contribution in [0.25, 0.3) is 44.2 Å². The van der Waals surface area contributed by atoms with Gasteiger partial charge >= 0.3 is 6.09 Å². The summed E-state index contributed by atoms with van der Waals surface area (Å²) in [6.45, 7) is 7.36. The fraction of sp³-hybridized carbons (Fsp3) is 0.439. The summed E-state index contributed by atoms with van der Waals surface area (Å²) in [6, 6.07) is 18.0. The number of alkyl carbamates (subject to hydrolysis) is 1. The third kappa shape index (κ3) is 7.37. The molecule has 3 aromatic carbocycles. The SMILES string of the molecule is CC[C@H](C)CC(=O)N1CCC[C@H]1c1nc2ccc(-c3ccc4cc(-c5cnc([C@@H]6CCCN6C(=O)[C@@H](NC(=O)OC)[C@@H](C)OC)[nH]5)ccc4c3)cc2[nH]1. The average molecular weight is 720 g/mol. The van der Waals surface area contributed by atoms with Gasteiger partial charge in [-0.25, -0.2) is 14.8 Å². The van der Waals surface area contributed by atoms with Gasteiger partial charge in [0, 0.05) is 32.2 Å². The highest BCUT2D eigenvalue weighted by molar-refractivity contribution is 5.92. The summed E-state index contributed by atoms with van der Waals surface area (Å²) in [4.78, 5) is 59.2. The van der Waals surface area contributed by atoms with Crippen molar-refractivity contribution in [3.05, 3.63) is 72.4 Å². The Morgan fingerprint density at radius 2 is 1.53 bits per heavy atom. The molecule has 12 heteroatoms. The number of benzene rings is 3. The van der Waals surface area contributed by atoms with Crippen LogP contribution in [-0.4, -0.2) is 87.1 Å². The van der Waals surface area contributed by atoms with E-state index < -0.39 is 18.2 Å². The van der Waals surface area contributed by atoms with Crippen LogP contribution in [0.3, 0.4) is 0 Å². The zero-order valence-electron chi connectivity index (χ0n) is 31.1. The van der Waals surface area contributed by atoms with E-state index in [1.165, 1.54) is 14.2 Å². The van der Waals surface area contributed by atoms with Gasteiger partial charge in [0.05, 0.1) is 48.2 Å². The minimum Gasteiger partial charge on any atom is -0.453 e. The molecule has 2 saturated heterocycles. The number of methoxy groups -OCH3 is 2. The highest BCUT2D eigenvalue weighted by atomic mass is 16.5. The Bertz CT molecular complexity index is 2120. The van der Waals surface area contributed by atoms with Crippen molar-refractivity contribution in [2.24, 2.45) is 5.92 Å². The van der Waals surface area contributed by atoms with E-state index in [2.05, 4.69) is 83.7 Å². The van der Waals surface area contributed by atoms with Gasteiger partial charge in [-0.3, -0.25) is 9.59 Å². The molecule has 2 aliphatic heterocycles. The highest BCUT2D eigenvalue weighted by Crippen LogP contribution is 2.36. The number of likely N-dealkylation sites (tertiary alicyclic amines) is 2. The van der Waals surface area contributed by atoms with Crippen molar-refractivity contribution in [2.45, 2.75) is 83.5 Å². The van der Waals surface area contributed by atoms with E-state index >= 15 is 0 Å². The number of aromatic nitrogens is 4. The molecule has 3 N–H and O–H groups in total. The Hall–Kier alpha value is -5.23. The number of carbonyl (C=O) groups excluding carboxylic acids is 3. The van der Waals surface area contributed by atoms with Gasteiger partial charge in [-0.2, -0.15) is 0 Å². The quantitative estimate of drug-likeness (QED) is 0.130. The van der Waals surface area contributed by atoms with Crippen LogP contribution < -0.4 is 5.32 Å². The number of hydrogen-bond donors (Lipinski definition) is 3. The predicted octanol–water partition coefficient (Wildman–Crippen LogP) is 7.30. The monoisotopic (exact) mass is 719 g/mol. The van der Waals surface area contributed by atoms with Crippen molar-refractivity contribution in [3.8, 4) is 22.4 Å². The molecule has 12 nitrogen and oxygen atoms in total. The fourth-order valence-corrected chi connectivity index (χ4v) is 7.72. The van der Waals surface area contributed by atoms with Crippen LogP contribution in [0.15, 0.2) is 60.8 Å². The number of nitrogens with zero attached hydrogens (tertiary/aromatic N) is 4. The highest BCUT2D eigenvalue weighted by Gasteiger charge is 2.39. The van der Waals surface area contributed by atoms with Crippen molar-refractivity contribution in [1.29, 1.82) is 0 Å². The largest absolute Gasteiger partial charge is 0.453 e. The maximum absolute atomic E-state index is 13.6. The third-order valence-electron chi connectivity index (χ3n) is 11.1. The topological polar surface area (TPSA) is 146 Å². The molecular formula is C41H49N7O5. The summed E-state index contributed by atoms with van der Waals surface area (Å²) in [6.07, 6.45) is 5.67. The van der Waals surface area contributed by atoms with Crippen LogP contribution in [0.5, 0.6) is 0 Å². The van der Waals surface area contributed by atoms with Crippen LogP contribution in [-0.2, 0) is 19.1 Å². The van der Waals surface area contributed by atoms with Crippen molar-refractivity contribution >= 4 is 39.7 Å². The molecule has 2 aromatic heterocycles. The number of aromatic amines is 2. The molecule has 4 heterocycles. The molecule has 5 atom stereocenters. The summed E-state index contributed by atoms with van der Waals surface area (Å²) in [5, 5.41) is 4.84. The normalized spacial score (nSPS) is 19.1. The summed E-state index contributed by atoms with van der Waals surface area (Å²) in [5.74, 6) is 1.94. The van der Waals surface area contributed by atoms with Crippen LogP contribution in [0.2, 0.25) is 0 Å². The molecule has 2 aliphatic rings. The van der Waals surface area contributed by atoms with Crippen molar-refractivity contribution in [1.82, 2.24) is 35.1 Å². The summed E-state index contributed by atoms with van der Waals surface area (Å²) in [7, 11) is 2.78. The van der Waals surface area contributed by atoms with E-state index in [4.69, 9.17) is 19.4 Å². The molecule has 278 valence electrons. The smallest absolute Gasteiger partial charge is 0.407 e. The van der Waals surface area contributed by atoms with E-state index in [1.54, 1.807) is 11.8 Å². The Kier molecular flexibility index (Phi) is 10.5. The van der Waals surface area contributed by atoms with E-state index in [-0.39, 0.29) is 23.9 Å². The average Bonchev–Trinajstić information content (AvgIpc) is 4.01. The molecule has 0 spiro atoms. The number of ether oxygens (including phenoxy) is 2. The first-order chi connectivity index (χ1) is 25.7. The van der Waals surface area contributed by atoms with Crippen LogP contribution in [0, 0.1) is 5.92 Å². The van der Waals surface area contributed by atoms with E-state index in [0.29, 0.717) is 24.7 Å². The number of carbonyl (C=O) groups is 3. The summed E-state index contributed by atoms with van der Waals surface area (Å²) in [5.41, 5.74) is 5.92. The third-order valence-corrected chi connectivity index (χ3v) is 11.1. The Morgan fingerprint density at radius 1 is 0.868 bits per heavy atom. The second-order valence-corrected chi connectivity index (χ2v) is 14.5. The number of rotatable bonds is 11. The number of amides is 3. The van der Waals surface area contributed by atoms with Crippen LogP contribution in [0.1, 0.15) is 83.0 Å². The van der Waals surface area contributed by atoms with E-state index in [0.717, 1.165) is 88.7 Å². The van der Waals surface area contributed by atoms with Crippen molar-refractivity contribution < 1.29 is 23.9 Å². The van der Waals surface area contributed by atoms with Gasteiger partial charge in [-0.05, 0) is 84.7 Å². The van der Waals surface area contributed by atoms with Crippen LogP contribution >= 0.6 is 0 Å². The lowest BCUT2D eigenvalue weighted by atomic mass is 9.99. The molecule has 53 heavy (non-hydrogen) atoms. The molecule has 2 fully saturated rings. The van der Waals surface area contributed by atoms with Gasteiger partial charge in [-0.1, -0.05) is 50.6 Å². The van der Waals surface area contributed by atoms with Gasteiger partial charge in [0.1, 0.15) is 17.7 Å². The number of imidazole rings is 2. The number of H-pyrrole nitrogens is 2. The fourth-order valence-electron chi connectivity index (χ4n) is 7.72. The minimum atomic E-state index is -0.884. The number of nitrogens with one attached hydrogen (secondary N) is 3. The Labute approximate surface area is 309 Å². The van der Waals surface area contributed by atoms with Gasteiger partial charge < -0.3 is 34.6 Å². The Morgan fingerprint density at radius 3 is 2.25 bits per heavy atom. The zero-order valence-corrected chi connectivity index (χ0v) is 31.1. The zero-order chi connectivity index (χ0) is 37.2. The minimum absolute atomic E-state index is 0.00443. The Balaban J connectivity index is 1.07. The molecule has 5 aromatic rings. The first-order valence-corrected chi connectivity index (χ1v) is 18.7. The first-order valence-electron chi connectivity index (χ1n) is 18.7. The first kappa shape index (κ1) is 36.1. The molecule has 0 bridgehead atoms. The van der Waals surface area contributed by atoms with Gasteiger partial charge in [0.2, 0.25) is 11.8 Å². The van der Waals surface area contributed by atoms with E-state index in [1.807, 2.05) is 11.1 Å². The maximum Gasteiger partial charge on any atom is 0.407 e. The van der Waals surface area contributed by atoms with Crippen molar-refractivity contribution in [2.75, 3.05) is 27.3 Å². The molecular weight excluding hydrogens is 670 g/mol. The molecule has 0 radical (unpaired) electrons. The molecule has 0 aliphatic carbocycles. The lowest BCUT2D eigenvalue weighted by Gasteiger charge is -2.30. The lowest BCUT2D eigenvalue weighted by molar-refractivity contribution is -0.137. The standard InChI is InChI=1S/C41H49N7O5/c1-6-24(2)19-36(49)47-17-7-10-35(47)39-43-31-16-15-29(22-32(31)44-39)27-11-12-28-21-30(14-13-26(28)20-27)33-23-42-38(45-33)34-9-8-18-48(34)40(50)37(25(3)52-4)46-41(51)53-5/h11-16,20-25,34-35,37H,6-10,17-19H2,1-5H3,(H,42,45)(H,43,44)(H,46,51)/t24-,25+,34-,35-,37-/m0/s1. The molecule has 3 amide bonds. The van der Waals surface area contributed by atoms with Gasteiger partial charge in [0.15, 0.2) is 0 Å². The number of fused-ring (bicyclic) bond motifs is 2. The van der Waals surface area contributed by atoms with Gasteiger partial charge in [0.25, 0.3) is 0 Å². The summed E-state index contributed by atoms with van der Waals surface area (Å²) < 4.78 is 10.2. The molecule has 7 rings (SSSR count). The van der Waals surface area contributed by atoms with Gasteiger partial charge in [-0.15, -0.1) is 0 Å². The maximum atomic E-state index is 13.6. The predicted molar refractivity (Wildman–Crippen MR) is 204 cm³/mol. The molecule has 0 saturated carbocycles. The molecule has 0 unspecified atom stereocenters. The van der Waals surface area contributed by atoms with Crippen molar-refractivity contribution in [3.63, 3.8) is 0 Å². The number of hydrogen-bond acceptors (Lipinski definition) is 7. The lowest BCUT2D eigenvalue weighted by Crippen LogP contribution is -2.54. The van der Waals surface area contributed by atoms with Crippen LogP contribution in [0.4, 0.5) is 4.79 Å². The summed E-state index contributed by atoms with van der Waals surface area (Å²) >= 11 is 0.